The molecule has 0 amide bonds. The van der Waals surface area contributed by atoms with E-state index in [1.807, 2.05) is 0 Å². The third kappa shape index (κ3) is 1.80. The predicted molar refractivity (Wildman–Crippen MR) is 70.7 cm³/mol. The van der Waals surface area contributed by atoms with Crippen molar-refractivity contribution in [3.8, 4) is 0 Å². The number of H-pyrrole nitrogens is 1. The van der Waals surface area contributed by atoms with Crippen LogP contribution >= 0.6 is 11.3 Å². The average molecular weight is 248 g/mol. The molecule has 0 bridgehead atoms. The lowest BCUT2D eigenvalue weighted by atomic mass is 9.75. The molecule has 2 aromatic rings. The first-order valence-electron chi connectivity index (χ1n) is 6.17. The lowest BCUT2D eigenvalue weighted by Gasteiger charge is -2.32. The van der Waals surface area contributed by atoms with Crippen LogP contribution in [-0.2, 0) is 5.41 Å². The molecular weight excluding hydrogens is 232 g/mol. The Morgan fingerprint density at radius 2 is 2.12 bits per heavy atom. The van der Waals surface area contributed by atoms with Gasteiger partial charge in [0.05, 0.1) is 11.8 Å². The van der Waals surface area contributed by atoms with Gasteiger partial charge in [0.25, 0.3) is 5.56 Å². The SMILES string of the molecule is CC1(c2cc3nc[nH]c(=O)c3s2)CCCCC1. The maximum Gasteiger partial charge on any atom is 0.268 e. The van der Waals surface area contributed by atoms with Gasteiger partial charge in [-0.3, -0.25) is 4.79 Å². The van der Waals surface area contributed by atoms with Crippen molar-refractivity contribution in [3.63, 3.8) is 0 Å². The standard InChI is InChI=1S/C13H16N2OS/c1-13(5-3-2-4-6-13)10-7-9-11(17-10)12(16)15-8-14-9/h7-8H,2-6H2,1H3,(H,14,15,16). The van der Waals surface area contributed by atoms with E-state index in [-0.39, 0.29) is 11.0 Å². The van der Waals surface area contributed by atoms with Crippen LogP contribution in [0.1, 0.15) is 43.9 Å². The van der Waals surface area contributed by atoms with Crippen LogP contribution in [-0.4, -0.2) is 9.97 Å². The van der Waals surface area contributed by atoms with Crippen LogP contribution in [0.2, 0.25) is 0 Å². The van der Waals surface area contributed by atoms with Gasteiger partial charge in [0.2, 0.25) is 0 Å². The van der Waals surface area contributed by atoms with E-state index in [0.29, 0.717) is 0 Å². The molecule has 0 spiro atoms. The molecule has 0 radical (unpaired) electrons. The highest BCUT2D eigenvalue weighted by Gasteiger charge is 2.30. The molecule has 1 aliphatic rings. The number of hydrogen-bond acceptors (Lipinski definition) is 3. The first-order valence-corrected chi connectivity index (χ1v) is 6.98. The van der Waals surface area contributed by atoms with Gasteiger partial charge in [0.1, 0.15) is 4.70 Å². The fraction of sp³-hybridized carbons (Fsp3) is 0.538. The summed E-state index contributed by atoms with van der Waals surface area (Å²) < 4.78 is 0.772. The molecule has 0 aromatic carbocycles. The minimum absolute atomic E-state index is 0.00865. The summed E-state index contributed by atoms with van der Waals surface area (Å²) in [7, 11) is 0. The molecule has 2 heterocycles. The molecule has 1 aliphatic carbocycles. The van der Waals surface area contributed by atoms with E-state index in [1.54, 1.807) is 11.3 Å². The quantitative estimate of drug-likeness (QED) is 0.842. The molecule has 1 saturated carbocycles. The van der Waals surface area contributed by atoms with E-state index >= 15 is 0 Å². The zero-order valence-electron chi connectivity index (χ0n) is 9.95. The summed E-state index contributed by atoms with van der Waals surface area (Å²) in [6.07, 6.45) is 7.90. The molecule has 3 rings (SSSR count). The fourth-order valence-corrected chi connectivity index (χ4v) is 3.95. The molecule has 2 aromatic heterocycles. The number of aromatic amines is 1. The van der Waals surface area contributed by atoms with Gasteiger partial charge >= 0.3 is 0 Å². The van der Waals surface area contributed by atoms with Gasteiger partial charge in [0, 0.05) is 10.3 Å². The summed E-state index contributed by atoms with van der Waals surface area (Å²) in [5, 5.41) is 0. The maximum atomic E-state index is 11.7. The predicted octanol–water partition coefficient (Wildman–Crippen LogP) is 3.21. The van der Waals surface area contributed by atoms with Crippen molar-refractivity contribution in [1.29, 1.82) is 0 Å². The first-order chi connectivity index (χ1) is 8.19. The summed E-state index contributed by atoms with van der Waals surface area (Å²) in [6.45, 7) is 2.32. The minimum atomic E-state index is -0.00865. The zero-order valence-corrected chi connectivity index (χ0v) is 10.8. The van der Waals surface area contributed by atoms with Crippen molar-refractivity contribution in [2.24, 2.45) is 0 Å². The van der Waals surface area contributed by atoms with E-state index < -0.39 is 0 Å². The highest BCUT2D eigenvalue weighted by molar-refractivity contribution is 7.19. The number of nitrogens with one attached hydrogen (secondary N) is 1. The van der Waals surface area contributed by atoms with Gasteiger partial charge in [-0.1, -0.05) is 26.2 Å². The Morgan fingerprint density at radius 1 is 1.35 bits per heavy atom. The largest absolute Gasteiger partial charge is 0.312 e. The topological polar surface area (TPSA) is 45.8 Å². The molecule has 0 saturated heterocycles. The van der Waals surface area contributed by atoms with Gasteiger partial charge in [0.15, 0.2) is 0 Å². The van der Waals surface area contributed by atoms with Crippen LogP contribution in [0.15, 0.2) is 17.2 Å². The Kier molecular flexibility index (Phi) is 2.54. The highest BCUT2D eigenvalue weighted by atomic mass is 32.1. The van der Waals surface area contributed by atoms with Crippen molar-refractivity contribution in [3.05, 3.63) is 27.6 Å². The van der Waals surface area contributed by atoms with E-state index in [0.717, 1.165) is 10.2 Å². The van der Waals surface area contributed by atoms with Gasteiger partial charge in [-0.15, -0.1) is 11.3 Å². The lowest BCUT2D eigenvalue weighted by molar-refractivity contribution is 0.325. The van der Waals surface area contributed by atoms with Crippen molar-refractivity contribution in [1.82, 2.24) is 9.97 Å². The summed E-state index contributed by atoms with van der Waals surface area (Å²) in [4.78, 5) is 19.9. The fourth-order valence-electron chi connectivity index (χ4n) is 2.74. The Balaban J connectivity index is 2.11. The number of nitrogens with zero attached hydrogens (tertiary/aromatic N) is 1. The molecule has 3 nitrogen and oxygen atoms in total. The lowest BCUT2D eigenvalue weighted by Crippen LogP contribution is -2.23. The summed E-state index contributed by atoms with van der Waals surface area (Å²) in [5.74, 6) is 0. The molecule has 0 atom stereocenters. The molecule has 4 heteroatoms. The minimum Gasteiger partial charge on any atom is -0.312 e. The molecule has 1 fully saturated rings. The second kappa shape index (κ2) is 3.95. The van der Waals surface area contributed by atoms with Gasteiger partial charge in [-0.2, -0.15) is 0 Å². The summed E-state index contributed by atoms with van der Waals surface area (Å²) >= 11 is 1.62. The molecule has 17 heavy (non-hydrogen) atoms. The van der Waals surface area contributed by atoms with Gasteiger partial charge in [-0.05, 0) is 18.9 Å². The maximum absolute atomic E-state index is 11.7. The molecular formula is C13H16N2OS. The van der Waals surface area contributed by atoms with E-state index in [2.05, 4.69) is 23.0 Å². The van der Waals surface area contributed by atoms with Gasteiger partial charge < -0.3 is 4.98 Å². The number of aromatic nitrogens is 2. The average Bonchev–Trinajstić information content (AvgIpc) is 2.76. The smallest absolute Gasteiger partial charge is 0.268 e. The van der Waals surface area contributed by atoms with Crippen LogP contribution < -0.4 is 5.56 Å². The number of fused-ring (bicyclic) bond motifs is 1. The summed E-state index contributed by atoms with van der Waals surface area (Å²) in [6, 6.07) is 2.11. The molecule has 1 N–H and O–H groups in total. The molecule has 0 unspecified atom stereocenters. The summed E-state index contributed by atoms with van der Waals surface area (Å²) in [5.41, 5.74) is 1.10. The van der Waals surface area contributed by atoms with Crippen LogP contribution in [0.4, 0.5) is 0 Å². The van der Waals surface area contributed by atoms with Crippen molar-refractivity contribution >= 4 is 21.6 Å². The normalized spacial score (nSPS) is 19.6. The van der Waals surface area contributed by atoms with Crippen LogP contribution in [0.3, 0.4) is 0 Å². The first kappa shape index (κ1) is 11.0. The number of rotatable bonds is 1. The zero-order chi connectivity index (χ0) is 11.9. The van der Waals surface area contributed by atoms with E-state index in [9.17, 15) is 4.79 Å². The van der Waals surface area contributed by atoms with Crippen molar-refractivity contribution in [2.45, 2.75) is 44.4 Å². The van der Waals surface area contributed by atoms with Crippen molar-refractivity contribution < 1.29 is 0 Å². The second-order valence-electron chi connectivity index (χ2n) is 5.18. The molecule has 0 aliphatic heterocycles. The van der Waals surface area contributed by atoms with Crippen LogP contribution in [0.25, 0.3) is 10.2 Å². The number of hydrogen-bond donors (Lipinski definition) is 1. The van der Waals surface area contributed by atoms with E-state index in [4.69, 9.17) is 0 Å². The van der Waals surface area contributed by atoms with Crippen molar-refractivity contribution in [2.75, 3.05) is 0 Å². The Labute approximate surface area is 104 Å². The third-order valence-corrected chi connectivity index (χ3v) is 5.30. The molecule has 90 valence electrons. The third-order valence-electron chi connectivity index (χ3n) is 3.87. The van der Waals surface area contributed by atoms with Gasteiger partial charge in [-0.25, -0.2) is 4.98 Å². The Morgan fingerprint density at radius 3 is 2.82 bits per heavy atom. The van der Waals surface area contributed by atoms with Crippen LogP contribution in [0.5, 0.6) is 0 Å². The van der Waals surface area contributed by atoms with E-state index in [1.165, 1.54) is 43.3 Å². The Hall–Kier alpha value is -1.16. The Bertz CT molecular complexity index is 593. The number of thiophene rings is 1. The monoisotopic (exact) mass is 248 g/mol. The highest BCUT2D eigenvalue weighted by Crippen LogP contribution is 2.42. The van der Waals surface area contributed by atoms with Crippen LogP contribution in [0, 0.1) is 0 Å². The second-order valence-corrected chi connectivity index (χ2v) is 6.23.